The van der Waals surface area contributed by atoms with E-state index in [0.717, 1.165) is 61.2 Å². The van der Waals surface area contributed by atoms with Gasteiger partial charge in [-0.2, -0.15) is 0 Å². The molecule has 0 aliphatic carbocycles. The van der Waals surface area contributed by atoms with Crippen molar-refractivity contribution >= 4 is 39.1 Å². The van der Waals surface area contributed by atoms with Crippen molar-refractivity contribution in [1.82, 2.24) is 14.9 Å². The first-order valence-electron chi connectivity index (χ1n) is 10.00. The molecule has 0 unspecified atom stereocenters. The molecule has 0 saturated heterocycles. The molecule has 27 heavy (non-hydrogen) atoms. The molecule has 5 nitrogen and oxygen atoms in total. The summed E-state index contributed by atoms with van der Waals surface area (Å²) in [5.74, 6) is 1.00. The van der Waals surface area contributed by atoms with Crippen LogP contribution in [0.25, 0.3) is 10.2 Å². The summed E-state index contributed by atoms with van der Waals surface area (Å²) in [6.45, 7) is 13.8. The molecule has 0 bridgehead atoms. The van der Waals surface area contributed by atoms with E-state index in [1.54, 1.807) is 23.1 Å². The van der Waals surface area contributed by atoms with Gasteiger partial charge in [-0.15, -0.1) is 11.3 Å². The van der Waals surface area contributed by atoms with Crippen LogP contribution in [0.3, 0.4) is 0 Å². The Labute approximate surface area is 171 Å². The number of thioether (sulfide) groups is 1. The number of nitrogens with zero attached hydrogens (tertiary/aromatic N) is 3. The average molecular weight is 409 g/mol. The van der Waals surface area contributed by atoms with Gasteiger partial charge in [-0.25, -0.2) is 9.97 Å². The van der Waals surface area contributed by atoms with Crippen LogP contribution in [-0.2, 0) is 17.8 Å². The van der Waals surface area contributed by atoms with Crippen molar-refractivity contribution in [3.05, 3.63) is 10.4 Å². The maximum atomic E-state index is 6.15. The Morgan fingerprint density at radius 3 is 2.70 bits per heavy atom. The van der Waals surface area contributed by atoms with Gasteiger partial charge in [0.15, 0.2) is 5.16 Å². The number of rotatable bonds is 9. The Morgan fingerprint density at radius 1 is 1.26 bits per heavy atom. The van der Waals surface area contributed by atoms with Crippen LogP contribution in [0.5, 0.6) is 0 Å². The van der Waals surface area contributed by atoms with E-state index in [9.17, 15) is 0 Å². The number of thiophene rings is 1. The van der Waals surface area contributed by atoms with Gasteiger partial charge in [-0.3, -0.25) is 0 Å². The maximum absolute atomic E-state index is 6.15. The van der Waals surface area contributed by atoms with Crippen molar-refractivity contribution in [3.63, 3.8) is 0 Å². The summed E-state index contributed by atoms with van der Waals surface area (Å²) in [5, 5.41) is 5.68. The maximum Gasteiger partial charge on any atom is 0.190 e. The molecule has 0 spiro atoms. The number of nitrogens with one attached hydrogen (secondary N) is 1. The van der Waals surface area contributed by atoms with Crippen LogP contribution in [0.2, 0.25) is 0 Å². The van der Waals surface area contributed by atoms with Crippen LogP contribution < -0.4 is 5.32 Å². The third-order valence-electron chi connectivity index (χ3n) is 5.58. The molecular weight excluding hydrogens is 376 g/mol. The first-order chi connectivity index (χ1) is 13.0. The van der Waals surface area contributed by atoms with E-state index >= 15 is 0 Å². The Morgan fingerprint density at radius 2 is 2.04 bits per heavy atom. The van der Waals surface area contributed by atoms with E-state index in [2.05, 4.69) is 37.9 Å². The highest BCUT2D eigenvalue weighted by Gasteiger charge is 2.33. The van der Waals surface area contributed by atoms with Crippen LogP contribution in [-0.4, -0.2) is 52.9 Å². The highest BCUT2D eigenvalue weighted by molar-refractivity contribution is 7.98. The molecule has 0 fully saturated rings. The normalized spacial score (nSPS) is 19.6. The van der Waals surface area contributed by atoms with E-state index in [-0.39, 0.29) is 5.60 Å². The molecule has 1 atom stereocenters. The predicted molar refractivity (Wildman–Crippen MR) is 117 cm³/mol. The third-order valence-corrected chi connectivity index (χ3v) is 7.23. The summed E-state index contributed by atoms with van der Waals surface area (Å²) in [7, 11) is 0. The molecule has 3 heterocycles. The van der Waals surface area contributed by atoms with E-state index in [0.29, 0.717) is 6.61 Å². The lowest BCUT2D eigenvalue weighted by Crippen LogP contribution is -2.34. The Hall–Kier alpha value is -0.890. The van der Waals surface area contributed by atoms with Gasteiger partial charge < -0.3 is 15.0 Å². The lowest BCUT2D eigenvalue weighted by atomic mass is 9.90. The summed E-state index contributed by atoms with van der Waals surface area (Å²) in [6, 6.07) is 0. The molecule has 0 radical (unpaired) electrons. The SMILES string of the molecule is CCN(CC)CCCNc1nc(SC)nc2sc3c(c12)C[C@](C)(CC)OC3. The highest BCUT2D eigenvalue weighted by atomic mass is 32.2. The van der Waals surface area contributed by atoms with E-state index in [1.807, 2.05) is 6.26 Å². The fourth-order valence-corrected chi connectivity index (χ4v) is 5.07. The minimum Gasteiger partial charge on any atom is -0.369 e. The van der Waals surface area contributed by atoms with E-state index < -0.39 is 0 Å². The molecule has 2 aromatic rings. The standard InChI is InChI=1S/C20H32N4OS2/c1-6-20(4)12-14-15(13-25-20)27-18-16(14)17(22-19(23-18)26-5)21-10-9-11-24(7-2)8-3/h6-13H2,1-5H3,(H,21,22,23)/t20-/m0/s1. The Bertz CT molecular complexity index is 775. The topological polar surface area (TPSA) is 50.3 Å². The minimum atomic E-state index is -0.0841. The molecule has 7 heteroatoms. The molecule has 3 rings (SSSR count). The predicted octanol–water partition coefficient (Wildman–Crippen LogP) is 4.80. The number of aromatic nitrogens is 2. The number of hydrogen-bond donors (Lipinski definition) is 1. The second-order valence-electron chi connectivity index (χ2n) is 7.32. The monoisotopic (exact) mass is 408 g/mol. The van der Waals surface area contributed by atoms with Crippen LogP contribution in [0, 0.1) is 0 Å². The molecule has 1 N–H and O–H groups in total. The van der Waals surface area contributed by atoms with Crippen LogP contribution in [0.4, 0.5) is 5.82 Å². The molecule has 0 amide bonds. The quantitative estimate of drug-likeness (QED) is 0.365. The van der Waals surface area contributed by atoms with Crippen LogP contribution in [0.15, 0.2) is 5.16 Å². The molecule has 150 valence electrons. The summed E-state index contributed by atoms with van der Waals surface area (Å²) >= 11 is 3.37. The minimum absolute atomic E-state index is 0.0841. The largest absolute Gasteiger partial charge is 0.369 e. The average Bonchev–Trinajstić information content (AvgIpc) is 3.05. The fraction of sp³-hybridized carbons (Fsp3) is 0.700. The van der Waals surface area contributed by atoms with Gasteiger partial charge in [0.1, 0.15) is 10.6 Å². The number of anilines is 1. The molecular formula is C20H32N4OS2. The molecule has 0 aromatic carbocycles. The highest BCUT2D eigenvalue weighted by Crippen LogP contribution is 2.42. The van der Waals surface area contributed by atoms with Gasteiger partial charge in [-0.1, -0.05) is 32.5 Å². The lowest BCUT2D eigenvalue weighted by molar-refractivity contribution is -0.0542. The smallest absolute Gasteiger partial charge is 0.190 e. The number of hydrogen-bond acceptors (Lipinski definition) is 7. The summed E-state index contributed by atoms with van der Waals surface area (Å²) in [5.41, 5.74) is 1.31. The summed E-state index contributed by atoms with van der Waals surface area (Å²) in [4.78, 5) is 14.5. The van der Waals surface area contributed by atoms with Crippen molar-refractivity contribution < 1.29 is 4.74 Å². The van der Waals surface area contributed by atoms with Gasteiger partial charge >= 0.3 is 0 Å². The van der Waals surface area contributed by atoms with Crippen LogP contribution >= 0.6 is 23.1 Å². The summed E-state index contributed by atoms with van der Waals surface area (Å²) in [6.07, 6.45) is 5.11. The zero-order chi connectivity index (χ0) is 19.4. The Kier molecular flexibility index (Phi) is 7.00. The van der Waals surface area contributed by atoms with Gasteiger partial charge in [0.2, 0.25) is 0 Å². The molecule has 0 saturated carbocycles. The van der Waals surface area contributed by atoms with Crippen molar-refractivity contribution in [2.45, 2.75) is 64.3 Å². The fourth-order valence-electron chi connectivity index (χ4n) is 3.55. The third kappa shape index (κ3) is 4.58. The zero-order valence-corrected chi connectivity index (χ0v) is 18.9. The summed E-state index contributed by atoms with van der Waals surface area (Å²) < 4.78 is 6.15. The van der Waals surface area contributed by atoms with E-state index in [1.165, 1.54) is 15.8 Å². The molecule has 2 aromatic heterocycles. The number of fused-ring (bicyclic) bond motifs is 3. The second-order valence-corrected chi connectivity index (χ2v) is 9.18. The van der Waals surface area contributed by atoms with Gasteiger partial charge in [0.25, 0.3) is 0 Å². The molecule has 1 aliphatic heterocycles. The van der Waals surface area contributed by atoms with Gasteiger partial charge in [-0.05, 0) is 51.2 Å². The van der Waals surface area contributed by atoms with E-state index in [4.69, 9.17) is 14.7 Å². The Balaban J connectivity index is 1.86. The first kappa shape index (κ1) is 20.8. The number of ether oxygens (including phenoxy) is 1. The van der Waals surface area contributed by atoms with Crippen molar-refractivity contribution in [1.29, 1.82) is 0 Å². The van der Waals surface area contributed by atoms with Crippen LogP contribution in [0.1, 0.15) is 51.0 Å². The van der Waals surface area contributed by atoms with Crippen molar-refractivity contribution in [2.75, 3.05) is 37.8 Å². The molecule has 1 aliphatic rings. The van der Waals surface area contributed by atoms with Gasteiger partial charge in [0, 0.05) is 17.8 Å². The van der Waals surface area contributed by atoms with Gasteiger partial charge in [0.05, 0.1) is 17.6 Å². The first-order valence-corrected chi connectivity index (χ1v) is 12.0. The van der Waals surface area contributed by atoms with Crippen molar-refractivity contribution in [2.24, 2.45) is 0 Å². The zero-order valence-electron chi connectivity index (χ0n) is 17.2. The van der Waals surface area contributed by atoms with Crippen molar-refractivity contribution in [3.8, 4) is 0 Å². The lowest BCUT2D eigenvalue weighted by Gasteiger charge is -2.33. The second kappa shape index (κ2) is 9.07.